The van der Waals surface area contributed by atoms with Crippen molar-refractivity contribution in [1.82, 2.24) is 5.43 Å². The van der Waals surface area contributed by atoms with Gasteiger partial charge in [0.1, 0.15) is 0 Å². The second-order valence-electron chi connectivity index (χ2n) is 2.17. The Morgan fingerprint density at radius 1 is 2.00 bits per heavy atom. The van der Waals surface area contributed by atoms with E-state index in [4.69, 9.17) is 0 Å². The molecule has 50 valence electrons. The van der Waals surface area contributed by atoms with Crippen LogP contribution in [0.5, 0.6) is 0 Å². The van der Waals surface area contributed by atoms with Gasteiger partial charge in [0.15, 0.2) is 0 Å². The first kappa shape index (κ1) is 6.81. The van der Waals surface area contributed by atoms with Crippen molar-refractivity contribution in [2.24, 2.45) is 5.10 Å². The summed E-state index contributed by atoms with van der Waals surface area (Å²) in [4.78, 5) is 0. The minimum Gasteiger partial charge on any atom is -0.304 e. The molecule has 2 nitrogen and oxygen atoms in total. The minimum absolute atomic E-state index is 0.0990. The van der Waals surface area contributed by atoms with Crippen molar-refractivity contribution in [3.63, 3.8) is 0 Å². The lowest BCUT2D eigenvalue weighted by atomic mass is 10.1. The van der Waals surface area contributed by atoms with Gasteiger partial charge in [0.05, 0.1) is 16.6 Å². The second-order valence-corrected chi connectivity index (χ2v) is 3.82. The summed E-state index contributed by atoms with van der Waals surface area (Å²) >= 11 is 3.47. The van der Waals surface area contributed by atoms with E-state index in [0.29, 0.717) is 0 Å². The summed E-state index contributed by atoms with van der Waals surface area (Å²) in [6, 6.07) is 0. The van der Waals surface area contributed by atoms with E-state index in [0.717, 1.165) is 12.3 Å². The van der Waals surface area contributed by atoms with Gasteiger partial charge in [-0.3, -0.25) is 0 Å². The summed E-state index contributed by atoms with van der Waals surface area (Å²) in [5.41, 5.74) is 3.92. The van der Waals surface area contributed by atoms with Gasteiger partial charge in [-0.05, 0) is 6.92 Å². The largest absolute Gasteiger partial charge is 0.304 e. The predicted molar refractivity (Wildman–Crippen MR) is 43.0 cm³/mol. The van der Waals surface area contributed by atoms with Gasteiger partial charge in [0, 0.05) is 0 Å². The number of allylic oxidation sites excluding steroid dienone is 1. The highest BCUT2D eigenvalue weighted by molar-refractivity contribution is 9.10. The van der Waals surface area contributed by atoms with Crippen LogP contribution >= 0.6 is 15.9 Å². The van der Waals surface area contributed by atoms with Crippen LogP contribution in [0, 0.1) is 0 Å². The van der Waals surface area contributed by atoms with E-state index in [1.807, 2.05) is 13.0 Å². The Morgan fingerprint density at radius 3 is 2.67 bits per heavy atom. The summed E-state index contributed by atoms with van der Waals surface area (Å²) in [6.07, 6.45) is 1.84. The molecule has 1 atom stereocenters. The van der Waals surface area contributed by atoms with E-state index >= 15 is 0 Å². The third kappa shape index (κ3) is 1.15. The molecule has 1 heterocycles. The number of nitrogens with zero attached hydrogens (tertiary/aromatic N) is 1. The molecule has 0 saturated carbocycles. The van der Waals surface area contributed by atoms with Crippen LogP contribution in [0.15, 0.2) is 17.8 Å². The highest BCUT2D eigenvalue weighted by Crippen LogP contribution is 2.22. The topological polar surface area (TPSA) is 24.4 Å². The van der Waals surface area contributed by atoms with E-state index in [1.54, 1.807) is 0 Å². The molecule has 0 fully saturated rings. The molecule has 0 aromatic heterocycles. The number of hydrazone groups is 1. The van der Waals surface area contributed by atoms with Crippen molar-refractivity contribution < 1.29 is 0 Å². The predicted octanol–water partition coefficient (Wildman–Crippen LogP) is 1.29. The van der Waals surface area contributed by atoms with Crippen molar-refractivity contribution in [2.45, 2.75) is 11.2 Å². The molecule has 0 aromatic rings. The molecule has 0 aromatic carbocycles. The minimum atomic E-state index is -0.0990. The van der Waals surface area contributed by atoms with Crippen LogP contribution in [-0.2, 0) is 0 Å². The Balaban J connectivity index is 2.69. The van der Waals surface area contributed by atoms with Gasteiger partial charge in [-0.15, -0.1) is 6.58 Å². The average Bonchev–Trinajstić information content (AvgIpc) is 1.60. The van der Waals surface area contributed by atoms with Crippen LogP contribution in [-0.4, -0.2) is 16.6 Å². The summed E-state index contributed by atoms with van der Waals surface area (Å²) < 4.78 is -0.0990. The van der Waals surface area contributed by atoms with Crippen molar-refractivity contribution in [3.05, 3.63) is 12.7 Å². The SMILES string of the molecule is C=CC(C)(Br)C1=NNC1. The lowest BCUT2D eigenvalue weighted by Gasteiger charge is -2.25. The third-order valence-electron chi connectivity index (χ3n) is 1.41. The molecule has 1 aliphatic rings. The van der Waals surface area contributed by atoms with E-state index in [2.05, 4.69) is 33.0 Å². The molecule has 1 aliphatic heterocycles. The fraction of sp³-hybridized carbons (Fsp3) is 0.500. The van der Waals surface area contributed by atoms with Crippen LogP contribution in [0.2, 0.25) is 0 Å². The molecule has 0 saturated heterocycles. The third-order valence-corrected chi connectivity index (χ3v) is 2.19. The van der Waals surface area contributed by atoms with Gasteiger partial charge in [0.25, 0.3) is 0 Å². The van der Waals surface area contributed by atoms with Crippen LogP contribution in [0.4, 0.5) is 0 Å². The van der Waals surface area contributed by atoms with Crippen molar-refractivity contribution >= 4 is 21.6 Å². The molecule has 1 rings (SSSR count). The summed E-state index contributed by atoms with van der Waals surface area (Å²) in [5, 5.41) is 3.96. The van der Waals surface area contributed by atoms with Gasteiger partial charge >= 0.3 is 0 Å². The first-order valence-corrected chi connectivity index (χ1v) is 3.58. The van der Waals surface area contributed by atoms with Gasteiger partial charge < -0.3 is 5.43 Å². The molecular weight excluding hydrogens is 180 g/mol. The average molecular weight is 189 g/mol. The molecule has 0 amide bonds. The Labute approximate surface area is 63.2 Å². The number of alkyl halides is 1. The molecule has 1 N–H and O–H groups in total. The van der Waals surface area contributed by atoms with Gasteiger partial charge in [-0.25, -0.2) is 0 Å². The molecular formula is C6H9BrN2. The Bertz CT molecular complexity index is 160. The molecule has 0 aliphatic carbocycles. The first-order valence-electron chi connectivity index (χ1n) is 2.79. The number of rotatable bonds is 2. The van der Waals surface area contributed by atoms with E-state index < -0.39 is 0 Å². The summed E-state index contributed by atoms with van der Waals surface area (Å²) in [5.74, 6) is 0. The maximum absolute atomic E-state index is 3.96. The van der Waals surface area contributed by atoms with E-state index in [9.17, 15) is 0 Å². The quantitative estimate of drug-likeness (QED) is 0.513. The van der Waals surface area contributed by atoms with Crippen LogP contribution in [0.1, 0.15) is 6.92 Å². The maximum atomic E-state index is 3.96. The van der Waals surface area contributed by atoms with Crippen LogP contribution in [0.3, 0.4) is 0 Å². The summed E-state index contributed by atoms with van der Waals surface area (Å²) in [7, 11) is 0. The fourth-order valence-electron chi connectivity index (χ4n) is 0.558. The van der Waals surface area contributed by atoms with E-state index in [1.165, 1.54) is 0 Å². The Hall–Kier alpha value is -0.310. The number of halogens is 1. The Kier molecular flexibility index (Phi) is 1.62. The molecule has 0 bridgehead atoms. The molecule has 0 spiro atoms. The highest BCUT2D eigenvalue weighted by Gasteiger charge is 2.26. The van der Waals surface area contributed by atoms with Crippen LogP contribution < -0.4 is 5.43 Å². The number of hydrogen-bond acceptors (Lipinski definition) is 2. The van der Waals surface area contributed by atoms with Crippen molar-refractivity contribution in [1.29, 1.82) is 0 Å². The standard InChI is InChI=1S/C6H9BrN2/c1-3-6(2,7)5-4-8-9-5/h3,8H,1,4H2,2H3. The zero-order valence-electron chi connectivity index (χ0n) is 5.32. The van der Waals surface area contributed by atoms with Crippen molar-refractivity contribution in [3.8, 4) is 0 Å². The summed E-state index contributed by atoms with van der Waals surface area (Å²) in [6.45, 7) is 6.58. The smallest absolute Gasteiger partial charge is 0.0823 e. The van der Waals surface area contributed by atoms with Gasteiger partial charge in [-0.1, -0.05) is 22.0 Å². The normalized spacial score (nSPS) is 22.7. The van der Waals surface area contributed by atoms with E-state index in [-0.39, 0.29) is 4.32 Å². The molecule has 9 heavy (non-hydrogen) atoms. The second kappa shape index (κ2) is 2.14. The Morgan fingerprint density at radius 2 is 2.56 bits per heavy atom. The zero-order chi connectivity index (χ0) is 6.91. The number of hydrogen-bond donors (Lipinski definition) is 1. The highest BCUT2D eigenvalue weighted by atomic mass is 79.9. The van der Waals surface area contributed by atoms with Crippen molar-refractivity contribution in [2.75, 3.05) is 6.54 Å². The molecule has 3 heteroatoms. The van der Waals surface area contributed by atoms with Crippen LogP contribution in [0.25, 0.3) is 0 Å². The lowest BCUT2D eigenvalue weighted by Crippen LogP contribution is -2.42. The molecule has 0 radical (unpaired) electrons. The maximum Gasteiger partial charge on any atom is 0.0823 e. The first-order chi connectivity index (χ1) is 4.17. The molecule has 1 unspecified atom stereocenters. The lowest BCUT2D eigenvalue weighted by molar-refractivity contribution is 0.738. The fourth-order valence-corrected chi connectivity index (χ4v) is 0.787. The van der Waals surface area contributed by atoms with Gasteiger partial charge in [0.2, 0.25) is 0 Å². The number of nitrogens with one attached hydrogen (secondary N) is 1. The van der Waals surface area contributed by atoms with Gasteiger partial charge in [-0.2, -0.15) is 5.10 Å². The monoisotopic (exact) mass is 188 g/mol. The zero-order valence-corrected chi connectivity index (χ0v) is 6.90.